The Bertz CT molecular complexity index is 448. The molecule has 0 saturated carbocycles. The van der Waals surface area contributed by atoms with E-state index in [2.05, 4.69) is 6.07 Å². The van der Waals surface area contributed by atoms with Crippen molar-refractivity contribution in [3.8, 4) is 11.5 Å². The second kappa shape index (κ2) is 4.13. The van der Waals surface area contributed by atoms with Crippen LogP contribution in [0.15, 0.2) is 42.5 Å². The van der Waals surface area contributed by atoms with Gasteiger partial charge in [-0.25, -0.2) is 4.39 Å². The molecule has 2 aromatic rings. The number of hydrogen-bond acceptors (Lipinski definition) is 1. The SMILES string of the molecule is Cc1ccc(Oc2cc[c]c(F)c2)cc1. The molecule has 2 aromatic carbocycles. The summed E-state index contributed by atoms with van der Waals surface area (Å²) in [6.07, 6.45) is 0. The molecule has 0 aliphatic carbocycles. The zero-order chi connectivity index (χ0) is 10.7. The lowest BCUT2D eigenvalue weighted by molar-refractivity contribution is 0.476. The lowest BCUT2D eigenvalue weighted by atomic mass is 10.2. The van der Waals surface area contributed by atoms with Gasteiger partial charge >= 0.3 is 0 Å². The molecule has 1 nitrogen and oxygen atoms in total. The minimum Gasteiger partial charge on any atom is -0.457 e. The summed E-state index contributed by atoms with van der Waals surface area (Å²) in [4.78, 5) is 0. The molecule has 75 valence electrons. The second-order valence-corrected chi connectivity index (χ2v) is 3.29. The molecule has 2 heteroatoms. The Hall–Kier alpha value is -1.83. The zero-order valence-corrected chi connectivity index (χ0v) is 8.33. The number of hydrogen-bond donors (Lipinski definition) is 0. The number of rotatable bonds is 2. The van der Waals surface area contributed by atoms with Crippen LogP contribution >= 0.6 is 0 Å². The molecule has 0 aliphatic rings. The van der Waals surface area contributed by atoms with Crippen molar-refractivity contribution in [2.45, 2.75) is 6.92 Å². The molecule has 0 amide bonds. The molecule has 0 aliphatic heterocycles. The van der Waals surface area contributed by atoms with Crippen LogP contribution in [-0.2, 0) is 0 Å². The van der Waals surface area contributed by atoms with Crippen LogP contribution in [0.2, 0.25) is 0 Å². The molecule has 2 rings (SSSR count). The number of ether oxygens (including phenoxy) is 1. The Labute approximate surface area is 88.1 Å². The van der Waals surface area contributed by atoms with Gasteiger partial charge in [-0.15, -0.1) is 0 Å². The van der Waals surface area contributed by atoms with Crippen molar-refractivity contribution in [2.75, 3.05) is 0 Å². The van der Waals surface area contributed by atoms with Crippen LogP contribution in [0.1, 0.15) is 5.56 Å². The van der Waals surface area contributed by atoms with Gasteiger partial charge in [-0.1, -0.05) is 17.7 Å². The van der Waals surface area contributed by atoms with Gasteiger partial charge in [-0.05, 0) is 31.2 Å². The summed E-state index contributed by atoms with van der Waals surface area (Å²) in [6.45, 7) is 2.00. The third-order valence-corrected chi connectivity index (χ3v) is 1.99. The first-order valence-electron chi connectivity index (χ1n) is 4.66. The van der Waals surface area contributed by atoms with E-state index in [9.17, 15) is 4.39 Å². The van der Waals surface area contributed by atoms with E-state index in [1.54, 1.807) is 6.07 Å². The van der Waals surface area contributed by atoms with Gasteiger partial charge in [0.2, 0.25) is 0 Å². The number of halogens is 1. The second-order valence-electron chi connectivity index (χ2n) is 3.29. The molecule has 1 radical (unpaired) electrons. The van der Waals surface area contributed by atoms with Crippen molar-refractivity contribution in [1.82, 2.24) is 0 Å². The lowest BCUT2D eigenvalue weighted by Gasteiger charge is -2.05. The summed E-state index contributed by atoms with van der Waals surface area (Å²) in [5.41, 5.74) is 1.16. The van der Waals surface area contributed by atoms with Crippen LogP contribution in [0.3, 0.4) is 0 Å². The van der Waals surface area contributed by atoms with Gasteiger partial charge in [0.1, 0.15) is 17.3 Å². The van der Waals surface area contributed by atoms with Gasteiger partial charge < -0.3 is 4.74 Å². The fourth-order valence-electron chi connectivity index (χ4n) is 1.22. The Morgan fingerprint density at radius 1 is 1.07 bits per heavy atom. The highest BCUT2D eigenvalue weighted by atomic mass is 19.1. The standard InChI is InChI=1S/C13H10FO/c1-10-5-7-12(8-6-10)15-13-4-2-3-11(14)9-13/h2,4-9H,1H3. The lowest BCUT2D eigenvalue weighted by Crippen LogP contribution is -1.85. The average molecular weight is 201 g/mol. The maximum atomic E-state index is 12.8. The topological polar surface area (TPSA) is 9.23 Å². The van der Waals surface area contributed by atoms with Gasteiger partial charge in [-0.3, -0.25) is 0 Å². The monoisotopic (exact) mass is 201 g/mol. The molecule has 0 fully saturated rings. The highest BCUT2D eigenvalue weighted by Gasteiger charge is 1.98. The first-order valence-corrected chi connectivity index (χ1v) is 4.66. The van der Waals surface area contributed by atoms with Gasteiger partial charge in [-0.2, -0.15) is 0 Å². The smallest absolute Gasteiger partial charge is 0.134 e. The van der Waals surface area contributed by atoms with Crippen LogP contribution in [0, 0.1) is 18.8 Å². The fourth-order valence-corrected chi connectivity index (χ4v) is 1.22. The predicted octanol–water partition coefficient (Wildman–Crippen LogP) is 3.73. The van der Waals surface area contributed by atoms with Crippen LogP contribution in [0.25, 0.3) is 0 Å². The molecule has 15 heavy (non-hydrogen) atoms. The van der Waals surface area contributed by atoms with Gasteiger partial charge in [0, 0.05) is 12.1 Å². The normalized spacial score (nSPS) is 10.0. The van der Waals surface area contributed by atoms with Crippen LogP contribution in [0.4, 0.5) is 4.39 Å². The maximum absolute atomic E-state index is 12.8. The van der Waals surface area contributed by atoms with Gasteiger partial charge in [0.05, 0.1) is 0 Å². The van der Waals surface area contributed by atoms with Crippen molar-refractivity contribution < 1.29 is 9.13 Å². The summed E-state index contributed by atoms with van der Waals surface area (Å²) in [7, 11) is 0. The van der Waals surface area contributed by atoms with Crippen molar-refractivity contribution in [2.24, 2.45) is 0 Å². The molecule has 0 saturated heterocycles. The van der Waals surface area contributed by atoms with Crippen molar-refractivity contribution in [1.29, 1.82) is 0 Å². The molecule has 0 unspecified atom stereocenters. The Morgan fingerprint density at radius 2 is 1.80 bits per heavy atom. The zero-order valence-electron chi connectivity index (χ0n) is 8.33. The van der Waals surface area contributed by atoms with E-state index in [0.717, 1.165) is 5.56 Å². The Kier molecular flexibility index (Phi) is 2.68. The summed E-state index contributed by atoms with van der Waals surface area (Å²) < 4.78 is 18.3. The molecule has 0 aromatic heterocycles. The number of aryl methyl sites for hydroxylation is 1. The highest BCUT2D eigenvalue weighted by Crippen LogP contribution is 2.21. The largest absolute Gasteiger partial charge is 0.457 e. The third kappa shape index (κ3) is 2.56. The Balaban J connectivity index is 2.18. The predicted molar refractivity (Wildman–Crippen MR) is 56.5 cm³/mol. The summed E-state index contributed by atoms with van der Waals surface area (Å²) >= 11 is 0. The molecular formula is C13H10FO. The van der Waals surface area contributed by atoms with Gasteiger partial charge in [0.25, 0.3) is 0 Å². The summed E-state index contributed by atoms with van der Waals surface area (Å²) in [6, 6.07) is 14.5. The highest BCUT2D eigenvalue weighted by molar-refractivity contribution is 5.32. The third-order valence-electron chi connectivity index (χ3n) is 1.99. The van der Waals surface area contributed by atoms with Crippen molar-refractivity contribution in [3.05, 3.63) is 59.9 Å². The minimum atomic E-state index is -0.417. The first kappa shape index (κ1) is 9.71. The van der Waals surface area contributed by atoms with Crippen molar-refractivity contribution >= 4 is 0 Å². The van der Waals surface area contributed by atoms with Crippen LogP contribution in [-0.4, -0.2) is 0 Å². The van der Waals surface area contributed by atoms with Crippen LogP contribution < -0.4 is 4.74 Å². The van der Waals surface area contributed by atoms with Crippen LogP contribution in [0.5, 0.6) is 11.5 Å². The molecule has 0 spiro atoms. The van der Waals surface area contributed by atoms with E-state index in [1.807, 2.05) is 31.2 Å². The molecule has 0 heterocycles. The number of benzene rings is 2. The molecule has 0 N–H and O–H groups in total. The summed E-state index contributed by atoms with van der Waals surface area (Å²) in [5.74, 6) is 0.765. The van der Waals surface area contributed by atoms with Gasteiger partial charge in [0.15, 0.2) is 0 Å². The minimum absolute atomic E-state index is 0.417. The van der Waals surface area contributed by atoms with E-state index >= 15 is 0 Å². The van der Waals surface area contributed by atoms with E-state index in [1.165, 1.54) is 12.1 Å². The molecule has 0 atom stereocenters. The van der Waals surface area contributed by atoms with Crippen molar-refractivity contribution in [3.63, 3.8) is 0 Å². The maximum Gasteiger partial charge on any atom is 0.134 e. The van der Waals surface area contributed by atoms with E-state index in [-0.39, 0.29) is 0 Å². The van der Waals surface area contributed by atoms with E-state index in [4.69, 9.17) is 4.74 Å². The summed E-state index contributed by atoms with van der Waals surface area (Å²) in [5, 5.41) is 0. The fraction of sp³-hybridized carbons (Fsp3) is 0.0769. The average Bonchev–Trinajstić information content (AvgIpc) is 2.22. The van der Waals surface area contributed by atoms with E-state index < -0.39 is 5.82 Å². The quantitative estimate of drug-likeness (QED) is 0.719. The first-order chi connectivity index (χ1) is 7.24. The molecular weight excluding hydrogens is 191 g/mol. The molecule has 0 bridgehead atoms. The van der Waals surface area contributed by atoms with E-state index in [0.29, 0.717) is 11.5 Å². The Morgan fingerprint density at radius 3 is 2.47 bits per heavy atom.